The fourth-order valence-electron chi connectivity index (χ4n) is 3.11. The van der Waals surface area contributed by atoms with Crippen LogP contribution in [0.2, 0.25) is 0 Å². The fraction of sp³-hybridized carbons (Fsp3) is 0.500. The van der Waals surface area contributed by atoms with Crippen molar-refractivity contribution in [2.45, 2.75) is 50.7 Å². The van der Waals surface area contributed by atoms with Gasteiger partial charge in [0.05, 0.1) is 19.9 Å². The van der Waals surface area contributed by atoms with Gasteiger partial charge < -0.3 is 37.9 Å². The van der Waals surface area contributed by atoms with Gasteiger partial charge in [0.15, 0.2) is 12.2 Å². The number of carbonyl (C=O) groups is 4. The van der Waals surface area contributed by atoms with Crippen LogP contribution in [0.1, 0.15) is 13.8 Å². The first-order valence-electron chi connectivity index (χ1n) is 10.7. The molecule has 0 aliphatic carbocycles. The molecule has 1 aliphatic heterocycles. The van der Waals surface area contributed by atoms with Gasteiger partial charge in [-0.2, -0.15) is 13.2 Å². The minimum atomic E-state index is -5.19. The quantitative estimate of drug-likeness (QED) is 0.212. The van der Waals surface area contributed by atoms with E-state index in [0.717, 1.165) is 28.1 Å². The van der Waals surface area contributed by atoms with Crippen molar-refractivity contribution in [2.75, 3.05) is 20.8 Å². The van der Waals surface area contributed by atoms with Gasteiger partial charge in [0, 0.05) is 13.8 Å². The lowest BCUT2D eigenvalue weighted by atomic mass is 9.98. The number of hydrogen-bond acceptors (Lipinski definition) is 13. The maximum absolute atomic E-state index is 13.9. The SMILES string of the molecule is COC(=O)O[C@H]1[C@H](OC(C)=O)[C@@H](COC(C)=O)OC(OC(=Nc2ccccc2)C(F)(F)F)[C@@H]1OC(=O)OC. The topological polar surface area (TPSA) is 154 Å². The Balaban J connectivity index is 2.60. The Morgan fingerprint density at radius 1 is 0.842 bits per heavy atom. The number of hydrogen-bond donors (Lipinski definition) is 0. The van der Waals surface area contributed by atoms with Crippen LogP contribution in [-0.2, 0) is 47.5 Å². The summed E-state index contributed by atoms with van der Waals surface area (Å²) in [5.74, 6) is -3.61. The van der Waals surface area contributed by atoms with Crippen molar-refractivity contribution in [3.05, 3.63) is 30.3 Å². The van der Waals surface area contributed by atoms with E-state index in [0.29, 0.717) is 0 Å². The number of nitrogens with zero attached hydrogens (tertiary/aromatic N) is 1. The van der Waals surface area contributed by atoms with E-state index in [4.69, 9.17) is 28.4 Å². The van der Waals surface area contributed by atoms with Crippen molar-refractivity contribution in [3.8, 4) is 0 Å². The molecule has 2 rings (SSSR count). The molecule has 16 heteroatoms. The molecule has 1 aromatic carbocycles. The lowest BCUT2D eigenvalue weighted by Crippen LogP contribution is -2.63. The van der Waals surface area contributed by atoms with Gasteiger partial charge in [0.1, 0.15) is 12.7 Å². The first-order chi connectivity index (χ1) is 17.8. The summed E-state index contributed by atoms with van der Waals surface area (Å²) in [6.45, 7) is 1.29. The average molecular weight is 551 g/mol. The molecule has 5 atom stereocenters. The molecule has 1 unspecified atom stereocenters. The molecule has 210 valence electrons. The summed E-state index contributed by atoms with van der Waals surface area (Å²) in [4.78, 5) is 50.6. The maximum atomic E-state index is 13.9. The van der Waals surface area contributed by atoms with Crippen molar-refractivity contribution in [2.24, 2.45) is 4.99 Å². The van der Waals surface area contributed by atoms with Crippen LogP contribution < -0.4 is 0 Å². The molecule has 0 N–H and O–H groups in total. The molecule has 1 aliphatic rings. The standard InChI is InChI=1S/C22H24F3NO12/c1-11(27)33-10-14-15(34-12(2)28)16(36-20(29)31-3)17(37-21(30)32-4)18(35-14)38-19(22(23,24)25)26-13-8-6-5-7-9-13/h5-9,14-18H,10H2,1-4H3/t14-,15-,16+,17-,18?/m1/s1. The number of carbonyl (C=O) groups excluding carboxylic acids is 4. The highest BCUT2D eigenvalue weighted by atomic mass is 19.4. The molecule has 0 saturated carbocycles. The first kappa shape index (κ1) is 30.1. The van der Waals surface area contributed by atoms with Gasteiger partial charge in [-0.15, -0.1) is 0 Å². The van der Waals surface area contributed by atoms with Crippen LogP contribution in [0.3, 0.4) is 0 Å². The van der Waals surface area contributed by atoms with E-state index in [1.807, 2.05) is 0 Å². The third-order valence-electron chi connectivity index (χ3n) is 4.60. The Kier molecular flexibility index (Phi) is 10.7. The second-order valence-electron chi connectivity index (χ2n) is 7.36. The molecule has 0 amide bonds. The van der Waals surface area contributed by atoms with Crippen LogP contribution in [0.15, 0.2) is 35.3 Å². The lowest BCUT2D eigenvalue weighted by Gasteiger charge is -2.43. The number of ether oxygens (including phenoxy) is 8. The zero-order valence-electron chi connectivity index (χ0n) is 20.5. The molecular weight excluding hydrogens is 527 g/mol. The fourth-order valence-corrected chi connectivity index (χ4v) is 3.11. The summed E-state index contributed by atoms with van der Waals surface area (Å²) >= 11 is 0. The first-order valence-corrected chi connectivity index (χ1v) is 10.7. The third-order valence-corrected chi connectivity index (χ3v) is 4.60. The molecule has 0 spiro atoms. The van der Waals surface area contributed by atoms with Crippen molar-refractivity contribution in [3.63, 3.8) is 0 Å². The minimum Gasteiger partial charge on any atom is -0.463 e. The number of halogens is 3. The summed E-state index contributed by atoms with van der Waals surface area (Å²) in [5, 5.41) is 0. The predicted molar refractivity (Wildman–Crippen MR) is 116 cm³/mol. The number of rotatable bonds is 7. The Labute approximate surface area is 213 Å². The smallest absolute Gasteiger partial charge is 0.463 e. The van der Waals surface area contributed by atoms with Crippen LogP contribution >= 0.6 is 0 Å². The summed E-state index contributed by atoms with van der Waals surface area (Å²) in [6, 6.07) is 6.89. The summed E-state index contributed by atoms with van der Waals surface area (Å²) in [7, 11) is 1.81. The second-order valence-corrected chi connectivity index (χ2v) is 7.36. The third kappa shape index (κ3) is 8.79. The highest BCUT2D eigenvalue weighted by molar-refractivity contribution is 5.84. The van der Waals surface area contributed by atoms with Crippen LogP contribution in [0.25, 0.3) is 0 Å². The predicted octanol–water partition coefficient (Wildman–Crippen LogP) is 2.82. The Morgan fingerprint density at radius 3 is 1.92 bits per heavy atom. The molecule has 1 heterocycles. The Morgan fingerprint density at radius 2 is 1.42 bits per heavy atom. The molecule has 0 radical (unpaired) electrons. The van der Waals surface area contributed by atoms with E-state index in [1.54, 1.807) is 6.07 Å². The largest absolute Gasteiger partial charge is 0.508 e. The van der Waals surface area contributed by atoms with Crippen LogP contribution in [-0.4, -0.2) is 87.9 Å². The summed E-state index contributed by atoms with van der Waals surface area (Å²) < 4.78 is 81.1. The Bertz CT molecular complexity index is 1020. The van der Waals surface area contributed by atoms with Crippen LogP contribution in [0, 0.1) is 0 Å². The molecule has 1 fully saturated rings. The Hall–Kier alpha value is -4.08. The van der Waals surface area contributed by atoms with E-state index < -0.39 is 73.6 Å². The van der Waals surface area contributed by atoms with E-state index in [-0.39, 0.29) is 5.69 Å². The van der Waals surface area contributed by atoms with E-state index >= 15 is 0 Å². The summed E-state index contributed by atoms with van der Waals surface area (Å²) in [5.41, 5.74) is -0.155. The van der Waals surface area contributed by atoms with E-state index in [9.17, 15) is 32.3 Å². The number of methoxy groups -OCH3 is 2. The molecule has 0 bridgehead atoms. The minimum absolute atomic E-state index is 0.155. The van der Waals surface area contributed by atoms with E-state index in [2.05, 4.69) is 14.5 Å². The number of aliphatic imine (C=N–C) groups is 1. The van der Waals surface area contributed by atoms with Crippen LogP contribution in [0.4, 0.5) is 28.4 Å². The zero-order chi connectivity index (χ0) is 28.5. The second kappa shape index (κ2) is 13.5. The normalized spacial score (nSPS) is 23.4. The van der Waals surface area contributed by atoms with Gasteiger partial charge in [0.25, 0.3) is 5.90 Å². The molecular formula is C22H24F3NO12. The number of para-hydroxylation sites is 1. The monoisotopic (exact) mass is 551 g/mol. The molecule has 0 aromatic heterocycles. The van der Waals surface area contributed by atoms with Crippen LogP contribution in [0.5, 0.6) is 0 Å². The molecule has 1 aromatic rings. The zero-order valence-corrected chi connectivity index (χ0v) is 20.5. The number of esters is 2. The van der Waals surface area contributed by atoms with Gasteiger partial charge in [-0.25, -0.2) is 14.6 Å². The average Bonchev–Trinajstić information content (AvgIpc) is 2.85. The number of alkyl halides is 3. The maximum Gasteiger partial charge on any atom is 0.508 e. The van der Waals surface area contributed by atoms with Crippen molar-refractivity contribution in [1.29, 1.82) is 0 Å². The highest BCUT2D eigenvalue weighted by Crippen LogP contribution is 2.32. The van der Waals surface area contributed by atoms with Gasteiger partial charge in [-0.3, -0.25) is 9.59 Å². The lowest BCUT2D eigenvalue weighted by molar-refractivity contribution is -0.291. The van der Waals surface area contributed by atoms with Crippen molar-refractivity contribution < 1.29 is 70.2 Å². The van der Waals surface area contributed by atoms with Gasteiger partial charge >= 0.3 is 30.4 Å². The molecule has 1 saturated heterocycles. The van der Waals surface area contributed by atoms with Crippen molar-refractivity contribution >= 4 is 35.8 Å². The van der Waals surface area contributed by atoms with Crippen molar-refractivity contribution in [1.82, 2.24) is 0 Å². The van der Waals surface area contributed by atoms with Gasteiger partial charge in [0.2, 0.25) is 12.4 Å². The van der Waals surface area contributed by atoms with Gasteiger partial charge in [-0.1, -0.05) is 18.2 Å². The molecule has 38 heavy (non-hydrogen) atoms. The summed E-state index contributed by atoms with van der Waals surface area (Å²) in [6.07, 6.45) is -17.4. The highest BCUT2D eigenvalue weighted by Gasteiger charge is 2.56. The number of benzene rings is 1. The van der Waals surface area contributed by atoms with E-state index in [1.165, 1.54) is 24.3 Å². The molecule has 13 nitrogen and oxygen atoms in total. The van der Waals surface area contributed by atoms with Gasteiger partial charge in [-0.05, 0) is 12.1 Å².